The number of carboxylic acids is 1. The Balaban J connectivity index is 3.06. The van der Waals surface area contributed by atoms with Crippen molar-refractivity contribution in [2.75, 3.05) is 0 Å². The molecule has 0 saturated heterocycles. The van der Waals surface area contributed by atoms with Crippen molar-refractivity contribution >= 4 is 32.8 Å². The Morgan fingerprint density at radius 3 is 2.59 bits per heavy atom. The van der Waals surface area contributed by atoms with Crippen LogP contribution in [0.25, 0.3) is 10.9 Å². The van der Waals surface area contributed by atoms with Gasteiger partial charge in [-0.15, -0.1) is 0 Å². The quantitative estimate of drug-likeness (QED) is 0.849. The molecule has 2 aromatic rings. The molecular formula is C12H10BrNO3. The van der Waals surface area contributed by atoms with Gasteiger partial charge in [0.05, 0.1) is 5.56 Å². The number of H-pyrrole nitrogens is 1. The lowest BCUT2D eigenvalue weighted by molar-refractivity contribution is 0.0698. The number of halogens is 1. The number of aromatic carboxylic acids is 1. The third-order valence-corrected chi connectivity index (χ3v) is 3.93. The molecule has 0 bridgehead atoms. The van der Waals surface area contributed by atoms with Crippen molar-refractivity contribution in [3.8, 4) is 0 Å². The van der Waals surface area contributed by atoms with Crippen LogP contribution in [0.3, 0.4) is 0 Å². The number of aryl methyl sites for hydroxylation is 2. The van der Waals surface area contributed by atoms with Crippen molar-refractivity contribution in [1.29, 1.82) is 0 Å². The van der Waals surface area contributed by atoms with Crippen molar-refractivity contribution in [3.63, 3.8) is 0 Å². The van der Waals surface area contributed by atoms with E-state index in [1.165, 1.54) is 0 Å². The molecule has 0 radical (unpaired) electrons. The molecule has 0 aliphatic heterocycles. The van der Waals surface area contributed by atoms with Crippen molar-refractivity contribution < 1.29 is 9.90 Å². The minimum atomic E-state index is -1.10. The van der Waals surface area contributed by atoms with Gasteiger partial charge in [0.25, 0.3) is 0 Å². The first kappa shape index (κ1) is 11.9. The van der Waals surface area contributed by atoms with Gasteiger partial charge in [0.1, 0.15) is 0 Å². The van der Waals surface area contributed by atoms with E-state index < -0.39 is 11.5 Å². The monoisotopic (exact) mass is 295 g/mol. The molecule has 1 heterocycles. The zero-order valence-electron chi connectivity index (χ0n) is 9.30. The number of carbonyl (C=O) groups is 1. The fourth-order valence-electron chi connectivity index (χ4n) is 1.95. The maximum Gasteiger partial charge on any atom is 0.336 e. The van der Waals surface area contributed by atoms with Crippen LogP contribution >= 0.6 is 15.9 Å². The average molecular weight is 296 g/mol. The number of hydrogen-bond acceptors (Lipinski definition) is 2. The second kappa shape index (κ2) is 4.00. The number of benzene rings is 1. The molecule has 88 valence electrons. The van der Waals surface area contributed by atoms with E-state index in [1.54, 1.807) is 6.07 Å². The van der Waals surface area contributed by atoms with E-state index in [9.17, 15) is 9.59 Å². The molecule has 0 fully saturated rings. The van der Waals surface area contributed by atoms with Crippen molar-refractivity contribution in [1.82, 2.24) is 4.98 Å². The molecule has 0 aliphatic rings. The van der Waals surface area contributed by atoms with Gasteiger partial charge < -0.3 is 10.1 Å². The molecule has 0 aliphatic carbocycles. The summed E-state index contributed by atoms with van der Waals surface area (Å²) in [6, 6.07) is 2.87. The summed E-state index contributed by atoms with van der Waals surface area (Å²) in [5, 5.41) is 9.69. The SMILES string of the molecule is Cc1cc2[nH]c(=O)cc(C(=O)O)c2c(C)c1Br. The molecule has 0 saturated carbocycles. The Morgan fingerprint density at radius 2 is 2.00 bits per heavy atom. The Bertz CT molecular complexity index is 688. The second-order valence-corrected chi connectivity index (χ2v) is 4.70. The lowest BCUT2D eigenvalue weighted by Gasteiger charge is -2.10. The second-order valence-electron chi connectivity index (χ2n) is 3.91. The zero-order valence-corrected chi connectivity index (χ0v) is 10.9. The largest absolute Gasteiger partial charge is 0.478 e. The number of aromatic nitrogens is 1. The number of nitrogens with one attached hydrogen (secondary N) is 1. The van der Waals surface area contributed by atoms with Crippen LogP contribution < -0.4 is 5.56 Å². The van der Waals surface area contributed by atoms with E-state index in [2.05, 4.69) is 20.9 Å². The Hall–Kier alpha value is -1.62. The van der Waals surface area contributed by atoms with Crippen LogP contribution in [-0.2, 0) is 0 Å². The minimum Gasteiger partial charge on any atom is -0.478 e. The predicted octanol–water partition coefficient (Wildman–Crippen LogP) is 2.61. The molecule has 0 spiro atoms. The number of fused-ring (bicyclic) bond motifs is 1. The van der Waals surface area contributed by atoms with Crippen LogP contribution in [0.2, 0.25) is 0 Å². The third kappa shape index (κ3) is 1.86. The summed E-state index contributed by atoms with van der Waals surface area (Å²) in [7, 11) is 0. The van der Waals surface area contributed by atoms with Gasteiger partial charge in [-0.2, -0.15) is 0 Å². The number of pyridine rings is 1. The minimum absolute atomic E-state index is 0.0296. The van der Waals surface area contributed by atoms with Crippen LogP contribution in [0.5, 0.6) is 0 Å². The molecule has 2 rings (SSSR count). The van der Waals surface area contributed by atoms with Crippen molar-refractivity contribution in [2.45, 2.75) is 13.8 Å². The average Bonchev–Trinajstić information content (AvgIpc) is 2.24. The molecule has 2 N–H and O–H groups in total. The van der Waals surface area contributed by atoms with E-state index in [0.29, 0.717) is 10.9 Å². The maximum atomic E-state index is 11.4. The maximum absolute atomic E-state index is 11.4. The van der Waals surface area contributed by atoms with Crippen LogP contribution in [0.1, 0.15) is 21.5 Å². The van der Waals surface area contributed by atoms with Crippen LogP contribution in [0.15, 0.2) is 21.4 Å². The highest BCUT2D eigenvalue weighted by Crippen LogP contribution is 2.29. The highest BCUT2D eigenvalue weighted by molar-refractivity contribution is 9.10. The number of aromatic amines is 1. The van der Waals surface area contributed by atoms with Gasteiger partial charge in [0.15, 0.2) is 0 Å². The molecule has 0 amide bonds. The van der Waals surface area contributed by atoms with Crippen LogP contribution in [0.4, 0.5) is 0 Å². The summed E-state index contributed by atoms with van der Waals surface area (Å²) in [4.78, 5) is 25.2. The lowest BCUT2D eigenvalue weighted by Crippen LogP contribution is -2.11. The number of rotatable bonds is 1. The van der Waals surface area contributed by atoms with Gasteiger partial charge in [0, 0.05) is 21.4 Å². The topological polar surface area (TPSA) is 70.2 Å². The standard InChI is InChI=1S/C12H10BrNO3/c1-5-3-8-10(6(2)11(5)13)7(12(16)17)4-9(15)14-8/h3-4H,1-2H3,(H,14,15)(H,16,17). The van der Waals surface area contributed by atoms with Gasteiger partial charge in [-0.1, -0.05) is 15.9 Å². The first-order chi connectivity index (χ1) is 7.91. The van der Waals surface area contributed by atoms with E-state index in [0.717, 1.165) is 21.7 Å². The van der Waals surface area contributed by atoms with E-state index >= 15 is 0 Å². The van der Waals surface area contributed by atoms with Crippen molar-refractivity contribution in [2.24, 2.45) is 0 Å². The Morgan fingerprint density at radius 1 is 1.35 bits per heavy atom. The van der Waals surface area contributed by atoms with Crippen molar-refractivity contribution in [3.05, 3.63) is 43.6 Å². The molecule has 1 aromatic carbocycles. The highest BCUT2D eigenvalue weighted by Gasteiger charge is 2.15. The van der Waals surface area contributed by atoms with Gasteiger partial charge in [-0.25, -0.2) is 4.79 Å². The normalized spacial score (nSPS) is 10.8. The van der Waals surface area contributed by atoms with E-state index in [-0.39, 0.29) is 5.56 Å². The summed E-state index contributed by atoms with van der Waals surface area (Å²) in [5.41, 5.74) is 1.94. The molecule has 5 heteroatoms. The first-order valence-corrected chi connectivity index (χ1v) is 5.77. The molecule has 0 atom stereocenters. The summed E-state index contributed by atoms with van der Waals surface area (Å²) >= 11 is 3.42. The van der Waals surface area contributed by atoms with Gasteiger partial charge in [-0.05, 0) is 31.0 Å². The Kier molecular flexibility index (Phi) is 2.79. The van der Waals surface area contributed by atoms with E-state index in [1.807, 2.05) is 13.8 Å². The van der Waals surface area contributed by atoms with Crippen LogP contribution in [-0.4, -0.2) is 16.1 Å². The van der Waals surface area contributed by atoms with Crippen LogP contribution in [0, 0.1) is 13.8 Å². The van der Waals surface area contributed by atoms with Gasteiger partial charge in [-0.3, -0.25) is 4.79 Å². The number of carboxylic acid groups (broad SMARTS) is 1. The summed E-state index contributed by atoms with van der Waals surface area (Å²) < 4.78 is 0.861. The summed E-state index contributed by atoms with van der Waals surface area (Å²) in [6.07, 6.45) is 0. The molecule has 17 heavy (non-hydrogen) atoms. The first-order valence-electron chi connectivity index (χ1n) is 4.98. The smallest absolute Gasteiger partial charge is 0.336 e. The third-order valence-electron chi connectivity index (χ3n) is 2.71. The number of hydrogen-bond donors (Lipinski definition) is 2. The lowest BCUT2D eigenvalue weighted by atomic mass is 10.0. The fraction of sp³-hybridized carbons (Fsp3) is 0.167. The molecule has 0 unspecified atom stereocenters. The predicted molar refractivity (Wildman–Crippen MR) is 68.7 cm³/mol. The molecule has 1 aromatic heterocycles. The fourth-order valence-corrected chi connectivity index (χ4v) is 2.26. The zero-order chi connectivity index (χ0) is 12.7. The van der Waals surface area contributed by atoms with Gasteiger partial charge >= 0.3 is 5.97 Å². The highest BCUT2D eigenvalue weighted by atomic mass is 79.9. The van der Waals surface area contributed by atoms with Gasteiger partial charge in [0.2, 0.25) is 5.56 Å². The summed E-state index contributed by atoms with van der Waals surface area (Å²) in [5.74, 6) is -1.10. The van der Waals surface area contributed by atoms with E-state index in [4.69, 9.17) is 5.11 Å². The summed E-state index contributed by atoms with van der Waals surface area (Å²) in [6.45, 7) is 3.71. The Labute approximate surface area is 105 Å². The molecular weight excluding hydrogens is 286 g/mol. The molecule has 4 nitrogen and oxygen atoms in total.